The van der Waals surface area contributed by atoms with E-state index in [0.29, 0.717) is 11.3 Å². The van der Waals surface area contributed by atoms with Gasteiger partial charge in [0.1, 0.15) is 11.5 Å². The minimum Gasteiger partial charge on any atom is -0.326 e. The van der Waals surface area contributed by atoms with Crippen molar-refractivity contribution in [1.29, 1.82) is 0 Å². The molecule has 0 unspecified atom stereocenters. The number of aromatic nitrogens is 2. The van der Waals surface area contributed by atoms with E-state index in [2.05, 4.69) is 10.3 Å². The first-order valence-corrected chi connectivity index (χ1v) is 8.68. The molecule has 0 aliphatic carbocycles. The maximum Gasteiger partial charge on any atom is 0.228 e. The fourth-order valence-corrected chi connectivity index (χ4v) is 3.07. The molecule has 0 spiro atoms. The minimum absolute atomic E-state index is 0.00946. The van der Waals surface area contributed by atoms with Gasteiger partial charge in [-0.15, -0.1) is 0 Å². The van der Waals surface area contributed by atoms with E-state index in [1.54, 1.807) is 18.2 Å². The van der Waals surface area contributed by atoms with E-state index < -0.39 is 0 Å². The average Bonchev–Trinajstić information content (AvgIpc) is 3.10. The molecule has 0 aliphatic heterocycles. The normalized spacial score (nSPS) is 10.9. The third-order valence-electron chi connectivity index (χ3n) is 4.43. The van der Waals surface area contributed by atoms with Gasteiger partial charge in [0, 0.05) is 23.6 Å². The van der Waals surface area contributed by atoms with Crippen LogP contribution in [0.3, 0.4) is 0 Å². The minimum atomic E-state index is -0.374. The molecule has 0 aliphatic rings. The molecule has 0 saturated heterocycles. The molecule has 4 aromatic rings. The molecule has 2 aromatic heterocycles. The number of rotatable bonds is 4. The van der Waals surface area contributed by atoms with Crippen LogP contribution in [0.1, 0.15) is 11.1 Å². The number of aryl methyl sites for hydroxylation is 1. The van der Waals surface area contributed by atoms with Crippen molar-refractivity contribution in [2.45, 2.75) is 13.3 Å². The molecule has 0 fully saturated rings. The zero-order valence-electron chi connectivity index (χ0n) is 14.8. The largest absolute Gasteiger partial charge is 0.326 e. The molecule has 27 heavy (non-hydrogen) atoms. The molecule has 0 radical (unpaired) electrons. The Balaban J connectivity index is 1.56. The van der Waals surface area contributed by atoms with Gasteiger partial charge in [-0.25, -0.2) is 9.37 Å². The van der Waals surface area contributed by atoms with Crippen LogP contribution in [-0.2, 0) is 11.2 Å². The lowest BCUT2D eigenvalue weighted by molar-refractivity contribution is -0.115. The van der Waals surface area contributed by atoms with Crippen LogP contribution in [0.15, 0.2) is 73.1 Å². The predicted octanol–water partition coefficient (Wildman–Crippen LogP) is 4.63. The zero-order chi connectivity index (χ0) is 18.8. The lowest BCUT2D eigenvalue weighted by Gasteiger charge is -2.07. The summed E-state index contributed by atoms with van der Waals surface area (Å²) in [5.41, 5.74) is 4.76. The quantitative estimate of drug-likeness (QED) is 0.577. The summed E-state index contributed by atoms with van der Waals surface area (Å²) in [5.74, 6) is -0.635. The Bertz CT molecular complexity index is 1130. The molecule has 5 heteroatoms. The Hall–Kier alpha value is -3.47. The van der Waals surface area contributed by atoms with Crippen molar-refractivity contribution in [3.63, 3.8) is 0 Å². The number of anilines is 1. The maximum absolute atomic E-state index is 13.7. The molecule has 0 bridgehead atoms. The SMILES string of the molecule is Cc1cccn2cc(-c3cccc(NC(=O)Cc4ccccc4F)c3)nc12. The number of carbonyl (C=O) groups is 1. The van der Waals surface area contributed by atoms with Crippen molar-refractivity contribution in [3.8, 4) is 11.3 Å². The summed E-state index contributed by atoms with van der Waals surface area (Å²) >= 11 is 0. The van der Waals surface area contributed by atoms with Gasteiger partial charge < -0.3 is 9.72 Å². The van der Waals surface area contributed by atoms with Crippen LogP contribution in [0.4, 0.5) is 10.1 Å². The zero-order valence-corrected chi connectivity index (χ0v) is 14.8. The highest BCUT2D eigenvalue weighted by atomic mass is 19.1. The van der Waals surface area contributed by atoms with Crippen LogP contribution in [0.2, 0.25) is 0 Å². The van der Waals surface area contributed by atoms with E-state index in [0.717, 1.165) is 22.5 Å². The third-order valence-corrected chi connectivity index (χ3v) is 4.43. The summed E-state index contributed by atoms with van der Waals surface area (Å²) < 4.78 is 15.7. The Morgan fingerprint density at radius 1 is 1.11 bits per heavy atom. The Morgan fingerprint density at radius 3 is 2.78 bits per heavy atom. The molecule has 134 valence electrons. The van der Waals surface area contributed by atoms with E-state index >= 15 is 0 Å². The first-order chi connectivity index (χ1) is 13.1. The topological polar surface area (TPSA) is 46.4 Å². The fourth-order valence-electron chi connectivity index (χ4n) is 3.07. The summed E-state index contributed by atoms with van der Waals surface area (Å²) in [6.45, 7) is 2.02. The van der Waals surface area contributed by atoms with Gasteiger partial charge >= 0.3 is 0 Å². The summed E-state index contributed by atoms with van der Waals surface area (Å²) in [4.78, 5) is 17.0. The first-order valence-electron chi connectivity index (χ1n) is 8.68. The number of carbonyl (C=O) groups excluding carboxylic acids is 1. The number of fused-ring (bicyclic) bond motifs is 1. The second kappa shape index (κ2) is 7.03. The molecular weight excluding hydrogens is 341 g/mol. The monoisotopic (exact) mass is 359 g/mol. The van der Waals surface area contributed by atoms with Gasteiger partial charge in [-0.2, -0.15) is 0 Å². The fraction of sp³-hybridized carbons (Fsp3) is 0.0909. The van der Waals surface area contributed by atoms with Gasteiger partial charge in [-0.05, 0) is 42.3 Å². The highest BCUT2D eigenvalue weighted by Gasteiger charge is 2.10. The second-order valence-electron chi connectivity index (χ2n) is 6.45. The van der Waals surface area contributed by atoms with E-state index in [1.807, 2.05) is 60.1 Å². The van der Waals surface area contributed by atoms with Crippen molar-refractivity contribution >= 4 is 17.2 Å². The first kappa shape index (κ1) is 17.0. The second-order valence-corrected chi connectivity index (χ2v) is 6.45. The van der Waals surface area contributed by atoms with Crippen molar-refractivity contribution in [2.75, 3.05) is 5.32 Å². The number of pyridine rings is 1. The van der Waals surface area contributed by atoms with E-state index in [-0.39, 0.29) is 18.1 Å². The summed E-state index contributed by atoms with van der Waals surface area (Å²) in [5, 5.41) is 2.83. The Labute approximate surface area is 156 Å². The van der Waals surface area contributed by atoms with Crippen LogP contribution in [-0.4, -0.2) is 15.3 Å². The van der Waals surface area contributed by atoms with Crippen LogP contribution < -0.4 is 5.32 Å². The number of imidazole rings is 1. The number of benzene rings is 2. The molecule has 4 rings (SSSR count). The standard InChI is InChI=1S/C22H18FN3O/c1-15-6-5-11-26-14-20(25-22(15)26)17-8-4-9-18(12-17)24-21(27)13-16-7-2-3-10-19(16)23/h2-12,14H,13H2,1H3,(H,24,27). The van der Waals surface area contributed by atoms with Gasteiger partial charge in [0.05, 0.1) is 12.1 Å². The van der Waals surface area contributed by atoms with Crippen LogP contribution in [0.25, 0.3) is 16.9 Å². The Morgan fingerprint density at radius 2 is 1.96 bits per heavy atom. The number of hydrogen-bond acceptors (Lipinski definition) is 2. The van der Waals surface area contributed by atoms with E-state index in [1.165, 1.54) is 6.07 Å². The number of nitrogens with one attached hydrogen (secondary N) is 1. The highest BCUT2D eigenvalue weighted by molar-refractivity contribution is 5.93. The lowest BCUT2D eigenvalue weighted by atomic mass is 10.1. The average molecular weight is 359 g/mol. The van der Waals surface area contributed by atoms with Gasteiger partial charge in [0.25, 0.3) is 0 Å². The van der Waals surface area contributed by atoms with Crippen molar-refractivity contribution in [1.82, 2.24) is 9.38 Å². The number of amides is 1. The number of halogens is 1. The molecule has 1 N–H and O–H groups in total. The maximum atomic E-state index is 13.7. The van der Waals surface area contributed by atoms with Crippen molar-refractivity contribution < 1.29 is 9.18 Å². The van der Waals surface area contributed by atoms with Gasteiger partial charge in [-0.1, -0.05) is 36.4 Å². The number of nitrogens with zero attached hydrogens (tertiary/aromatic N) is 2. The summed E-state index contributed by atoms with van der Waals surface area (Å²) in [7, 11) is 0. The summed E-state index contributed by atoms with van der Waals surface area (Å²) in [6, 6.07) is 17.8. The molecule has 2 aromatic carbocycles. The number of hydrogen-bond donors (Lipinski definition) is 1. The van der Waals surface area contributed by atoms with Gasteiger partial charge in [0.15, 0.2) is 0 Å². The van der Waals surface area contributed by atoms with E-state index in [9.17, 15) is 9.18 Å². The Kier molecular flexibility index (Phi) is 4.42. The lowest BCUT2D eigenvalue weighted by Crippen LogP contribution is -2.15. The van der Waals surface area contributed by atoms with E-state index in [4.69, 9.17) is 0 Å². The molecule has 0 saturated carbocycles. The highest BCUT2D eigenvalue weighted by Crippen LogP contribution is 2.23. The molecule has 4 nitrogen and oxygen atoms in total. The van der Waals surface area contributed by atoms with Crippen LogP contribution >= 0.6 is 0 Å². The molecular formula is C22H18FN3O. The third kappa shape index (κ3) is 3.58. The van der Waals surface area contributed by atoms with Crippen molar-refractivity contribution in [2.24, 2.45) is 0 Å². The predicted molar refractivity (Wildman–Crippen MR) is 104 cm³/mol. The molecule has 0 atom stereocenters. The van der Waals surface area contributed by atoms with Crippen LogP contribution in [0.5, 0.6) is 0 Å². The van der Waals surface area contributed by atoms with Gasteiger partial charge in [0.2, 0.25) is 5.91 Å². The van der Waals surface area contributed by atoms with Crippen LogP contribution in [0, 0.1) is 12.7 Å². The van der Waals surface area contributed by atoms with Gasteiger partial charge in [-0.3, -0.25) is 4.79 Å². The van der Waals surface area contributed by atoms with Crippen molar-refractivity contribution in [3.05, 3.63) is 90.0 Å². The molecule has 2 heterocycles. The molecule has 1 amide bonds. The summed E-state index contributed by atoms with van der Waals surface area (Å²) in [6.07, 6.45) is 3.91. The smallest absolute Gasteiger partial charge is 0.228 e.